The van der Waals surface area contributed by atoms with Gasteiger partial charge in [0.1, 0.15) is 74.8 Å². The van der Waals surface area contributed by atoms with Crippen molar-refractivity contribution in [1.29, 1.82) is 0 Å². The lowest BCUT2D eigenvalue weighted by Crippen LogP contribution is -2.18. The van der Waals surface area contributed by atoms with Crippen molar-refractivity contribution in [2.45, 2.75) is 136 Å². The minimum atomic E-state index is 0.289. The molecule has 9 heteroatoms. The Kier molecular flexibility index (Phi) is 23.8. The van der Waals surface area contributed by atoms with Crippen LogP contribution < -0.4 is 4.74 Å². The Balaban J connectivity index is 0.000000124. The smallest absolute Gasteiger partial charge is 0.211 e. The highest BCUT2D eigenvalue weighted by atomic mass is 32.2. The molecule has 432 valence electrons. The van der Waals surface area contributed by atoms with Crippen molar-refractivity contribution >= 4 is 92.6 Å². The second kappa shape index (κ2) is 31.5. The Hall–Kier alpha value is -4.64. The third kappa shape index (κ3) is 17.0. The average molecular weight is 1190 g/mol. The van der Waals surface area contributed by atoms with Crippen LogP contribution in [0.3, 0.4) is 0 Å². The van der Waals surface area contributed by atoms with E-state index >= 15 is 0 Å². The normalized spacial score (nSPS) is 17.2. The fourth-order valence-electron chi connectivity index (χ4n) is 11.6. The van der Waals surface area contributed by atoms with Gasteiger partial charge < -0.3 is 14.9 Å². The maximum atomic E-state index is 11.8. The van der Waals surface area contributed by atoms with E-state index in [0.717, 1.165) is 40.9 Å². The fourth-order valence-corrected chi connectivity index (χ4v) is 23.7. The molecule has 8 aromatic rings. The number of carbonyl (C=O) groups is 1. The topological polar surface area (TPSA) is 66.8 Å². The first-order valence-corrected chi connectivity index (χ1v) is 38.6. The lowest BCUT2D eigenvalue weighted by molar-refractivity contribution is 0.102. The fraction of sp³-hybridized carbons (Fsp3) is 0.411. The number of fused-ring (bicyclic) bond motifs is 3. The van der Waals surface area contributed by atoms with Crippen LogP contribution in [-0.2, 0) is 59.9 Å². The van der Waals surface area contributed by atoms with Gasteiger partial charge in [-0.15, -0.1) is 0 Å². The highest BCUT2D eigenvalue weighted by molar-refractivity contribution is 7.98. The zero-order chi connectivity index (χ0) is 57.1. The van der Waals surface area contributed by atoms with Gasteiger partial charge in [0.25, 0.3) is 0 Å². The first kappa shape index (κ1) is 61.9. The molecule has 0 bridgehead atoms. The van der Waals surface area contributed by atoms with Crippen molar-refractivity contribution in [3.8, 4) is 17.2 Å². The molecular formula is C73H91O4S5+5. The zero-order valence-electron chi connectivity index (χ0n) is 49.5. The summed E-state index contributed by atoms with van der Waals surface area (Å²) < 4.78 is 5.91. The Morgan fingerprint density at radius 3 is 1.24 bits per heavy atom. The van der Waals surface area contributed by atoms with Gasteiger partial charge in [0.2, 0.25) is 5.78 Å². The van der Waals surface area contributed by atoms with Gasteiger partial charge in [-0.3, -0.25) is 4.79 Å². The Morgan fingerprint density at radius 2 is 0.793 bits per heavy atom. The zero-order valence-corrected chi connectivity index (χ0v) is 53.6. The van der Waals surface area contributed by atoms with Gasteiger partial charge in [0.05, 0.1) is 6.61 Å². The Labute approximate surface area is 506 Å². The average Bonchev–Trinajstić information content (AvgIpc) is 4.24. The maximum Gasteiger partial charge on any atom is 0.211 e. The van der Waals surface area contributed by atoms with E-state index in [2.05, 4.69) is 125 Å². The van der Waals surface area contributed by atoms with Crippen molar-refractivity contribution in [2.75, 3.05) is 69.9 Å². The van der Waals surface area contributed by atoms with Crippen molar-refractivity contribution in [1.82, 2.24) is 0 Å². The van der Waals surface area contributed by atoms with Gasteiger partial charge in [0.15, 0.2) is 25.3 Å². The van der Waals surface area contributed by atoms with Crippen LogP contribution in [0.1, 0.15) is 127 Å². The molecule has 5 heterocycles. The summed E-state index contributed by atoms with van der Waals surface area (Å²) in [6, 6.07) is 56.6. The molecular weight excluding hydrogens is 1100 g/mol. The van der Waals surface area contributed by atoms with E-state index in [0.29, 0.717) is 71.8 Å². The second-order valence-electron chi connectivity index (χ2n) is 23.3. The Bertz CT molecular complexity index is 3230. The van der Waals surface area contributed by atoms with Crippen LogP contribution in [0.2, 0.25) is 0 Å². The van der Waals surface area contributed by atoms with Crippen LogP contribution in [0.5, 0.6) is 17.2 Å². The van der Waals surface area contributed by atoms with E-state index < -0.39 is 0 Å². The second-order valence-corrected chi connectivity index (χ2v) is 34.6. The molecule has 8 aromatic carbocycles. The molecule has 4 nitrogen and oxygen atoms in total. The first-order chi connectivity index (χ1) is 40.1. The third-order valence-corrected chi connectivity index (χ3v) is 28.7. The molecule has 0 aromatic heterocycles. The van der Waals surface area contributed by atoms with Crippen molar-refractivity contribution in [3.63, 3.8) is 0 Å². The van der Waals surface area contributed by atoms with E-state index in [9.17, 15) is 15.0 Å². The predicted molar refractivity (Wildman–Crippen MR) is 366 cm³/mol. The summed E-state index contributed by atoms with van der Waals surface area (Å²) in [7, 11) is 2.23. The standard InChI is InChI=1S/C18H23OS.C15H16OS.C14H14OS.C14H21S.C12H15OS/c1-2-12-19-17-10-11-18(20-13-6-3-7-14-20)16-9-5-4-8-15(16)17;16-14-8-9-15(17-10-4-1-5-11-17)13-7-3-2-6-12(13)14;15-13-7-8-14(16-9-3-4-10-16)12-6-2-1-5-11(12)13;1-14(2,3)12-6-8-13(9-7-12)15-10-4-5-11-15;13-12(10-14-8-4-5-9-14)11-6-2-1-3-7-11/h4-5,8-11H,2-3,6-7,12-14H2,1H3;2-3,6-9H,1,4-5,10-11H2;1-2,5-8H,3-4,9-10H2;6-9H,4-5,10-11H2,1-3H3;1-3,6-7H,4-5,8-10H2/q+1;;;2*+1/p+2. The molecule has 5 fully saturated rings. The van der Waals surface area contributed by atoms with Crippen LogP contribution in [0.15, 0.2) is 183 Å². The summed E-state index contributed by atoms with van der Waals surface area (Å²) >= 11 is 0. The van der Waals surface area contributed by atoms with E-state index in [1.165, 1.54) is 171 Å². The molecule has 0 saturated carbocycles. The molecule has 5 aliphatic heterocycles. The van der Waals surface area contributed by atoms with Gasteiger partial charge >= 0.3 is 0 Å². The van der Waals surface area contributed by atoms with Crippen LogP contribution in [0, 0.1) is 0 Å². The van der Waals surface area contributed by atoms with Gasteiger partial charge in [-0.25, -0.2) is 0 Å². The number of hydrogen-bond acceptors (Lipinski definition) is 4. The lowest BCUT2D eigenvalue weighted by atomic mass is 9.87. The first-order valence-electron chi connectivity index (χ1n) is 30.6. The number of aromatic hydroxyl groups is 2. The molecule has 82 heavy (non-hydrogen) atoms. The molecule has 2 N–H and O–H groups in total. The molecule has 0 amide bonds. The number of Topliss-reactive ketones (excluding diaryl/α,β-unsaturated/α-hetero) is 1. The number of phenols is 2. The summed E-state index contributed by atoms with van der Waals surface area (Å²) in [5, 5.41) is 26.9. The van der Waals surface area contributed by atoms with E-state index in [4.69, 9.17) is 4.74 Å². The molecule has 0 atom stereocenters. The SMILES string of the molecule is CC(C)(C)c1ccc([S+]2CCCC2)cc1.CCCOc1ccc([S+]2CCCCC2)c2ccccc12.O=C(C[S+]1CCCC1)c1ccccc1.Oc1ccc([S+]2CCCC2)c2ccccc12.Oc1ccc([S+]2CCCCC2)c2ccccc12. The van der Waals surface area contributed by atoms with Crippen LogP contribution in [0.25, 0.3) is 32.3 Å². The molecule has 13 rings (SSSR count). The van der Waals surface area contributed by atoms with Gasteiger partial charge in [-0.2, -0.15) is 0 Å². The third-order valence-electron chi connectivity index (χ3n) is 16.2. The Morgan fingerprint density at radius 1 is 0.415 bits per heavy atom. The lowest BCUT2D eigenvalue weighted by Gasteiger charge is -2.18. The van der Waals surface area contributed by atoms with Crippen molar-refractivity contribution in [3.05, 3.63) is 175 Å². The van der Waals surface area contributed by atoms with Gasteiger partial charge in [-0.05, 0) is 172 Å². The minimum Gasteiger partial charge on any atom is -0.507 e. The van der Waals surface area contributed by atoms with E-state index in [1.54, 1.807) is 9.79 Å². The summed E-state index contributed by atoms with van der Waals surface area (Å²) in [5.74, 6) is 16.4. The largest absolute Gasteiger partial charge is 0.507 e. The van der Waals surface area contributed by atoms with Gasteiger partial charge in [0, 0.05) is 81.5 Å². The number of phenolic OH excluding ortho intramolecular Hbond substituents is 2. The van der Waals surface area contributed by atoms with Crippen molar-refractivity contribution in [2.24, 2.45) is 0 Å². The number of carbonyl (C=O) groups excluding carboxylic acids is 1. The molecule has 0 spiro atoms. The van der Waals surface area contributed by atoms with Crippen LogP contribution >= 0.6 is 0 Å². The molecule has 5 aliphatic rings. The van der Waals surface area contributed by atoms with E-state index in [1.807, 2.05) is 66.7 Å². The number of benzene rings is 8. The monoisotopic (exact) mass is 1190 g/mol. The minimum absolute atomic E-state index is 0.289. The van der Waals surface area contributed by atoms with Crippen molar-refractivity contribution < 1.29 is 19.7 Å². The summed E-state index contributed by atoms with van der Waals surface area (Å²) in [6.07, 6.45) is 17.6. The molecule has 0 radical (unpaired) electrons. The van der Waals surface area contributed by atoms with E-state index in [-0.39, 0.29) is 5.41 Å². The summed E-state index contributed by atoms with van der Waals surface area (Å²) in [6.45, 7) is 9.79. The predicted octanol–water partition coefficient (Wildman–Crippen LogP) is 17.8. The number of hydrogen-bond donors (Lipinski definition) is 2. The highest BCUT2D eigenvalue weighted by Crippen LogP contribution is 2.37. The maximum absolute atomic E-state index is 11.8. The molecule has 0 unspecified atom stereocenters. The number of rotatable bonds is 10. The summed E-state index contributed by atoms with van der Waals surface area (Å²) in [5.41, 5.74) is 2.62. The van der Waals surface area contributed by atoms with Crippen LogP contribution in [-0.4, -0.2) is 85.9 Å². The molecule has 5 saturated heterocycles. The highest BCUT2D eigenvalue weighted by Gasteiger charge is 2.32. The quantitative estimate of drug-likeness (QED) is 0.106. The number of ether oxygens (including phenoxy) is 1. The number of ketones is 1. The van der Waals surface area contributed by atoms with Crippen LogP contribution in [0.4, 0.5) is 0 Å². The molecule has 0 aliphatic carbocycles. The van der Waals surface area contributed by atoms with Gasteiger partial charge in [-0.1, -0.05) is 125 Å². The summed E-state index contributed by atoms with van der Waals surface area (Å²) in [4.78, 5) is 17.9.